The van der Waals surface area contributed by atoms with E-state index < -0.39 is 47.8 Å². The van der Waals surface area contributed by atoms with Gasteiger partial charge in [-0.3, -0.25) is 24.0 Å². The molecule has 0 bridgehead atoms. The van der Waals surface area contributed by atoms with Crippen molar-refractivity contribution in [3.63, 3.8) is 0 Å². The Balaban J connectivity index is 2.48. The molecule has 0 aliphatic carbocycles. The number of Topliss-reactive ketones (excluding diaryl/α,β-unsaturated/α-hetero) is 3. The number of aryl methyl sites for hydroxylation is 1. The predicted octanol–water partition coefficient (Wildman–Crippen LogP) is 6.50. The Bertz CT molecular complexity index is 1400. The number of benzene rings is 1. The van der Waals surface area contributed by atoms with Gasteiger partial charge in [0.1, 0.15) is 40.7 Å². The fourth-order valence-electron chi connectivity index (χ4n) is 5.90. The summed E-state index contributed by atoms with van der Waals surface area (Å²) >= 11 is 0. The highest BCUT2D eigenvalue weighted by Gasteiger charge is 2.41. The molecule has 1 aromatic carbocycles. The van der Waals surface area contributed by atoms with Gasteiger partial charge in [0.2, 0.25) is 0 Å². The van der Waals surface area contributed by atoms with Gasteiger partial charge >= 0.3 is 5.97 Å². The number of hydrogen-bond acceptors (Lipinski definition) is 9. The number of rotatable bonds is 18. The first-order chi connectivity index (χ1) is 21.6. The third-order valence-electron chi connectivity index (χ3n) is 9.20. The average Bonchev–Trinajstić information content (AvgIpc) is 3.07. The number of hydrogen-bond donors (Lipinski definition) is 0. The molecular weight excluding hydrogens is 588 g/mol. The van der Waals surface area contributed by atoms with Gasteiger partial charge in [-0.15, -0.1) is 0 Å². The minimum absolute atomic E-state index is 0.0930. The largest absolute Gasteiger partial charge is 0.497 e. The maximum atomic E-state index is 14.0. The van der Waals surface area contributed by atoms with Crippen LogP contribution in [0.25, 0.3) is 0 Å². The molecule has 9 nitrogen and oxygen atoms in total. The first kappa shape index (κ1) is 38.6. The average molecular weight is 641 g/mol. The van der Waals surface area contributed by atoms with Gasteiger partial charge in [0.25, 0.3) is 0 Å². The molecule has 0 N–H and O–H groups in total. The summed E-state index contributed by atoms with van der Waals surface area (Å²) in [6.07, 6.45) is -0.922. The zero-order valence-electron chi connectivity index (χ0n) is 29.4. The van der Waals surface area contributed by atoms with Crippen molar-refractivity contribution in [2.75, 3.05) is 7.11 Å². The minimum Gasteiger partial charge on any atom is -0.497 e. The SMILES string of the molecule is CCC(=O)[C@@H](C)C(OC(=O)[C@@H](C)[C@@H](OCc1ccc(OC)cc1)[C@@H](C)C(=O)[C@H](C)c1oc(CC)c(C)c(=O)c1C)[C@H](C)C(=O)CC. The quantitative estimate of drug-likeness (QED) is 0.168. The van der Waals surface area contributed by atoms with Gasteiger partial charge in [-0.25, -0.2) is 0 Å². The molecule has 0 aliphatic heterocycles. The molecule has 9 heteroatoms. The molecule has 2 rings (SSSR count). The second-order valence-electron chi connectivity index (χ2n) is 12.3. The third-order valence-corrected chi connectivity index (χ3v) is 9.20. The Morgan fingerprint density at radius 3 is 1.78 bits per heavy atom. The topological polar surface area (TPSA) is 126 Å². The van der Waals surface area contributed by atoms with Crippen molar-refractivity contribution in [2.24, 2.45) is 23.7 Å². The van der Waals surface area contributed by atoms with Crippen LogP contribution in [0.5, 0.6) is 5.75 Å². The maximum Gasteiger partial charge on any atom is 0.311 e. The summed E-state index contributed by atoms with van der Waals surface area (Å²) < 4.78 is 23.6. The summed E-state index contributed by atoms with van der Waals surface area (Å²) in [5, 5.41) is 0. The van der Waals surface area contributed by atoms with Crippen molar-refractivity contribution in [1.29, 1.82) is 0 Å². The van der Waals surface area contributed by atoms with E-state index in [-0.39, 0.29) is 42.2 Å². The Morgan fingerprint density at radius 1 is 0.761 bits per heavy atom. The van der Waals surface area contributed by atoms with Crippen LogP contribution in [0.2, 0.25) is 0 Å². The number of ether oxygens (including phenoxy) is 3. The highest BCUT2D eigenvalue weighted by atomic mass is 16.6. The Labute approximate surface area is 273 Å². The summed E-state index contributed by atoms with van der Waals surface area (Å²) in [5.74, 6) is -3.62. The second kappa shape index (κ2) is 17.4. The zero-order chi connectivity index (χ0) is 34.9. The fourth-order valence-corrected chi connectivity index (χ4v) is 5.90. The molecule has 6 atom stereocenters. The van der Waals surface area contributed by atoms with Crippen molar-refractivity contribution < 1.29 is 37.8 Å². The number of carbonyl (C=O) groups is 4. The highest BCUT2D eigenvalue weighted by Crippen LogP contribution is 2.31. The normalized spacial score (nSPS) is 15.4. The van der Waals surface area contributed by atoms with Crippen LogP contribution in [0.15, 0.2) is 33.5 Å². The highest BCUT2D eigenvalue weighted by molar-refractivity contribution is 5.88. The molecule has 1 aromatic heterocycles. The summed E-state index contributed by atoms with van der Waals surface area (Å²) in [4.78, 5) is 66.1. The van der Waals surface area contributed by atoms with Crippen LogP contribution in [0, 0.1) is 37.5 Å². The predicted molar refractivity (Wildman–Crippen MR) is 176 cm³/mol. The van der Waals surface area contributed by atoms with Crippen molar-refractivity contribution in [3.8, 4) is 5.75 Å². The lowest BCUT2D eigenvalue weighted by atomic mass is 9.83. The van der Waals surface area contributed by atoms with Crippen LogP contribution in [-0.4, -0.2) is 42.6 Å². The van der Waals surface area contributed by atoms with Gasteiger partial charge in [-0.05, 0) is 45.4 Å². The second-order valence-corrected chi connectivity index (χ2v) is 12.3. The Hall–Kier alpha value is -3.59. The van der Waals surface area contributed by atoms with Crippen LogP contribution >= 0.6 is 0 Å². The Morgan fingerprint density at radius 2 is 1.30 bits per heavy atom. The van der Waals surface area contributed by atoms with E-state index in [1.54, 1.807) is 81.6 Å². The van der Waals surface area contributed by atoms with Crippen molar-refractivity contribution >= 4 is 23.3 Å². The smallest absolute Gasteiger partial charge is 0.311 e. The molecular formula is C37H52O9. The molecule has 0 radical (unpaired) electrons. The lowest BCUT2D eigenvalue weighted by Crippen LogP contribution is -2.44. The monoisotopic (exact) mass is 640 g/mol. The van der Waals surface area contributed by atoms with Crippen LogP contribution in [0.4, 0.5) is 0 Å². The molecule has 0 unspecified atom stereocenters. The van der Waals surface area contributed by atoms with Crippen molar-refractivity contribution in [2.45, 2.75) is 113 Å². The number of esters is 1. The Kier molecular flexibility index (Phi) is 14.6. The lowest BCUT2D eigenvalue weighted by molar-refractivity contribution is -0.169. The van der Waals surface area contributed by atoms with Crippen LogP contribution in [-0.2, 0) is 41.7 Å². The van der Waals surface area contributed by atoms with Crippen LogP contribution < -0.4 is 10.2 Å². The van der Waals surface area contributed by atoms with E-state index in [2.05, 4.69) is 0 Å². The van der Waals surface area contributed by atoms with Crippen LogP contribution in [0.1, 0.15) is 102 Å². The van der Waals surface area contributed by atoms with E-state index in [1.807, 2.05) is 19.1 Å². The standard InChI is InChI=1S/C37H52O9/c1-12-29(38)20(4)35(21(5)30(39)13-2)46-37(42)26(10)34(44-19-27-15-17-28(43-11)18-16-27)23(7)33(41)25(9)36-24(8)32(40)22(6)31(14-3)45-36/h15-18,20-21,23,25-26,34-35H,12-14,19H2,1-11H3/t20-,21-,23+,25+,26+,34+/m1/s1. The maximum absolute atomic E-state index is 14.0. The lowest BCUT2D eigenvalue weighted by Gasteiger charge is -2.33. The molecule has 0 saturated heterocycles. The van der Waals surface area contributed by atoms with E-state index in [4.69, 9.17) is 18.6 Å². The van der Waals surface area contributed by atoms with Gasteiger partial charge in [0, 0.05) is 36.3 Å². The molecule has 254 valence electrons. The van der Waals surface area contributed by atoms with E-state index in [9.17, 15) is 24.0 Å². The van der Waals surface area contributed by atoms with E-state index in [1.165, 1.54) is 0 Å². The fraction of sp³-hybridized carbons (Fsp3) is 0.595. The summed E-state index contributed by atoms with van der Waals surface area (Å²) in [6.45, 7) is 17.1. The van der Waals surface area contributed by atoms with E-state index in [0.29, 0.717) is 34.8 Å². The molecule has 46 heavy (non-hydrogen) atoms. The number of methoxy groups -OCH3 is 1. The van der Waals surface area contributed by atoms with Crippen molar-refractivity contribution in [1.82, 2.24) is 0 Å². The molecule has 0 aliphatic rings. The molecule has 0 spiro atoms. The number of carbonyl (C=O) groups excluding carboxylic acids is 4. The van der Waals surface area contributed by atoms with Gasteiger partial charge in [0.05, 0.1) is 43.5 Å². The van der Waals surface area contributed by atoms with Gasteiger partial charge in [-0.1, -0.05) is 53.7 Å². The van der Waals surface area contributed by atoms with Crippen LogP contribution in [0.3, 0.4) is 0 Å². The summed E-state index contributed by atoms with van der Waals surface area (Å²) in [5.41, 5.74) is 1.54. The molecule has 2 aromatic rings. The molecule has 0 saturated carbocycles. The first-order valence-corrected chi connectivity index (χ1v) is 16.3. The van der Waals surface area contributed by atoms with E-state index in [0.717, 1.165) is 5.56 Å². The molecule has 0 fully saturated rings. The third kappa shape index (κ3) is 9.02. The first-order valence-electron chi connectivity index (χ1n) is 16.3. The number of ketones is 3. The molecule has 1 heterocycles. The minimum atomic E-state index is -0.959. The van der Waals surface area contributed by atoms with Gasteiger partial charge < -0.3 is 18.6 Å². The molecule has 0 amide bonds. The zero-order valence-corrected chi connectivity index (χ0v) is 29.4. The summed E-state index contributed by atoms with van der Waals surface area (Å²) in [6, 6.07) is 7.24. The van der Waals surface area contributed by atoms with Crippen molar-refractivity contribution in [3.05, 3.63) is 62.7 Å². The van der Waals surface area contributed by atoms with Gasteiger partial charge in [-0.2, -0.15) is 0 Å². The summed E-state index contributed by atoms with van der Waals surface area (Å²) in [7, 11) is 1.57. The van der Waals surface area contributed by atoms with E-state index >= 15 is 0 Å². The van der Waals surface area contributed by atoms with Gasteiger partial charge in [0.15, 0.2) is 5.43 Å².